The van der Waals surface area contributed by atoms with Gasteiger partial charge in [0.25, 0.3) is 11.6 Å². The molecule has 4 rings (SSSR count). The Kier molecular flexibility index (Phi) is 6.66. The summed E-state index contributed by atoms with van der Waals surface area (Å²) in [5, 5.41) is 11.1. The lowest BCUT2D eigenvalue weighted by Gasteiger charge is -2.41. The molecule has 2 heterocycles. The van der Waals surface area contributed by atoms with Gasteiger partial charge in [0.2, 0.25) is 0 Å². The van der Waals surface area contributed by atoms with Gasteiger partial charge in [-0.1, -0.05) is 41.6 Å². The van der Waals surface area contributed by atoms with Gasteiger partial charge in [-0.15, -0.1) is 0 Å². The number of aliphatic imine (C=N–C) groups is 1. The van der Waals surface area contributed by atoms with E-state index in [1.54, 1.807) is 0 Å². The molecule has 0 spiro atoms. The number of carbonyl (C=O) groups excluding carboxylic acids is 2. The first kappa shape index (κ1) is 22.8. The van der Waals surface area contributed by atoms with Crippen molar-refractivity contribution in [2.24, 2.45) is 4.99 Å². The molecule has 2 atom stereocenters. The van der Waals surface area contributed by atoms with Crippen molar-refractivity contribution >= 4 is 46.0 Å². The number of nitrogens with zero attached hydrogens (tertiary/aromatic N) is 3. The number of esters is 1. The molecule has 2 aromatic rings. The van der Waals surface area contributed by atoms with Gasteiger partial charge in [0.15, 0.2) is 6.04 Å². The number of likely N-dealkylation sites (tertiary alicyclic amines) is 1. The van der Waals surface area contributed by atoms with Crippen LogP contribution in [-0.4, -0.2) is 44.8 Å². The predicted octanol–water partition coefficient (Wildman–Crippen LogP) is 3.87. The van der Waals surface area contributed by atoms with E-state index in [2.05, 4.69) is 4.99 Å². The van der Waals surface area contributed by atoms with Crippen molar-refractivity contribution in [2.75, 3.05) is 6.61 Å². The number of benzene rings is 2. The molecule has 11 heteroatoms. The highest BCUT2D eigenvalue weighted by Gasteiger charge is 2.55. The Morgan fingerprint density at radius 1 is 1.18 bits per heavy atom. The first-order valence-electron chi connectivity index (χ1n) is 9.86. The normalized spacial score (nSPS) is 19.8. The Hall–Kier alpha value is -3.37. The molecule has 9 nitrogen and oxygen atoms in total. The fourth-order valence-corrected chi connectivity index (χ4v) is 4.69. The largest absolute Gasteiger partial charge is 0.487 e. The van der Waals surface area contributed by atoms with E-state index in [4.69, 9.17) is 21.1 Å². The Morgan fingerprint density at radius 3 is 2.52 bits per heavy atom. The zero-order chi connectivity index (χ0) is 23.5. The summed E-state index contributed by atoms with van der Waals surface area (Å²) < 4.78 is 11.0. The molecule has 1 amide bonds. The maximum absolute atomic E-state index is 12.8. The number of hydrogen-bond donors (Lipinski definition) is 0. The number of nitro benzene ring substituents is 1. The molecule has 2 unspecified atom stereocenters. The fourth-order valence-electron chi connectivity index (χ4n) is 3.32. The average molecular weight is 488 g/mol. The third-order valence-corrected chi connectivity index (χ3v) is 6.32. The van der Waals surface area contributed by atoms with Crippen LogP contribution < -0.4 is 4.74 Å². The van der Waals surface area contributed by atoms with Crippen LogP contribution in [0.15, 0.2) is 70.3 Å². The Balaban J connectivity index is 1.37. The zero-order valence-electron chi connectivity index (χ0n) is 17.3. The van der Waals surface area contributed by atoms with Gasteiger partial charge in [-0.2, -0.15) is 0 Å². The molecule has 0 aliphatic carbocycles. The van der Waals surface area contributed by atoms with E-state index >= 15 is 0 Å². The molecular weight excluding hydrogens is 470 g/mol. The van der Waals surface area contributed by atoms with Crippen LogP contribution in [0.2, 0.25) is 0 Å². The lowest BCUT2D eigenvalue weighted by molar-refractivity contribution is -0.384. The van der Waals surface area contributed by atoms with Crippen molar-refractivity contribution in [3.05, 3.63) is 81.0 Å². The second-order valence-electron chi connectivity index (χ2n) is 7.17. The van der Waals surface area contributed by atoms with Gasteiger partial charge in [-0.25, -0.2) is 4.79 Å². The maximum atomic E-state index is 12.8. The number of carbonyl (C=O) groups is 2. The number of para-hydroxylation sites is 1. The van der Waals surface area contributed by atoms with Gasteiger partial charge in [-0.05, 0) is 36.8 Å². The molecule has 33 heavy (non-hydrogen) atoms. The van der Waals surface area contributed by atoms with Crippen molar-refractivity contribution in [1.29, 1.82) is 0 Å². The van der Waals surface area contributed by atoms with E-state index in [1.165, 1.54) is 47.9 Å². The van der Waals surface area contributed by atoms with Crippen LogP contribution in [0.25, 0.3) is 0 Å². The predicted molar refractivity (Wildman–Crippen MR) is 123 cm³/mol. The maximum Gasteiger partial charge on any atom is 0.356 e. The average Bonchev–Trinajstić information content (AvgIpc) is 3.19. The topological polar surface area (TPSA) is 111 Å². The van der Waals surface area contributed by atoms with Gasteiger partial charge < -0.3 is 9.47 Å². The first-order valence-corrected chi connectivity index (χ1v) is 11.1. The minimum absolute atomic E-state index is 0.0437. The molecule has 2 aromatic carbocycles. The molecule has 0 radical (unpaired) electrons. The van der Waals surface area contributed by atoms with Crippen LogP contribution >= 0.6 is 23.4 Å². The molecule has 2 aliphatic heterocycles. The summed E-state index contributed by atoms with van der Waals surface area (Å²) >= 11 is 7.49. The summed E-state index contributed by atoms with van der Waals surface area (Å²) in [6.07, 6.45) is 0. The molecule has 0 saturated carbocycles. The molecule has 1 fully saturated rings. The summed E-state index contributed by atoms with van der Waals surface area (Å²) in [5.74, 6) is -0.415. The van der Waals surface area contributed by atoms with E-state index in [0.29, 0.717) is 16.4 Å². The molecule has 0 aromatic heterocycles. The first-order chi connectivity index (χ1) is 15.8. The Bertz CT molecular complexity index is 1150. The number of non-ortho nitro benzene ring substituents is 1. The molecule has 0 bridgehead atoms. The number of ether oxygens (including phenoxy) is 2. The number of fused-ring (bicyclic) bond motifs is 1. The van der Waals surface area contributed by atoms with Crippen LogP contribution in [0.1, 0.15) is 12.5 Å². The summed E-state index contributed by atoms with van der Waals surface area (Å²) in [6.45, 7) is 1.59. The number of rotatable bonds is 8. The number of amides is 1. The molecule has 170 valence electrons. The van der Waals surface area contributed by atoms with E-state index in [-0.39, 0.29) is 35.5 Å². The van der Waals surface area contributed by atoms with E-state index in [0.717, 1.165) is 0 Å². The number of β-lactam (4-membered cyclic amide) rings is 1. The van der Waals surface area contributed by atoms with Crippen LogP contribution in [0.3, 0.4) is 0 Å². The molecule has 2 aliphatic rings. The summed E-state index contributed by atoms with van der Waals surface area (Å²) in [5.41, 5.74) is 0.454. The summed E-state index contributed by atoms with van der Waals surface area (Å²) in [7, 11) is 0. The van der Waals surface area contributed by atoms with E-state index in [9.17, 15) is 19.7 Å². The van der Waals surface area contributed by atoms with Gasteiger partial charge in [-0.3, -0.25) is 24.8 Å². The molecule has 0 N–H and O–H groups in total. The minimum atomic E-state index is -0.762. The van der Waals surface area contributed by atoms with Gasteiger partial charge in [0.05, 0.1) is 4.92 Å². The van der Waals surface area contributed by atoms with Crippen molar-refractivity contribution in [1.82, 2.24) is 4.90 Å². The smallest absolute Gasteiger partial charge is 0.356 e. The lowest BCUT2D eigenvalue weighted by atomic mass is 10.1. The minimum Gasteiger partial charge on any atom is -0.487 e. The van der Waals surface area contributed by atoms with Crippen molar-refractivity contribution in [3.63, 3.8) is 0 Å². The molecular formula is C22H18ClN3O6S. The van der Waals surface area contributed by atoms with Gasteiger partial charge in [0, 0.05) is 17.2 Å². The second-order valence-corrected chi connectivity index (χ2v) is 8.92. The summed E-state index contributed by atoms with van der Waals surface area (Å²) in [6, 6.07) is 14.3. The summed E-state index contributed by atoms with van der Waals surface area (Å²) in [4.78, 5) is 41.4. The molecule has 1 saturated heterocycles. The van der Waals surface area contributed by atoms with Crippen molar-refractivity contribution in [2.45, 2.75) is 24.9 Å². The number of hydrogen-bond acceptors (Lipinski definition) is 8. The quantitative estimate of drug-likeness (QED) is 0.183. The Morgan fingerprint density at radius 2 is 1.88 bits per heavy atom. The third kappa shape index (κ3) is 4.86. The van der Waals surface area contributed by atoms with Crippen LogP contribution in [0.5, 0.6) is 5.75 Å². The zero-order valence-corrected chi connectivity index (χ0v) is 18.9. The fraction of sp³-hybridized carbons (Fsp3) is 0.227. The highest BCUT2D eigenvalue weighted by Crippen LogP contribution is 2.42. The monoisotopic (exact) mass is 487 g/mol. The highest BCUT2D eigenvalue weighted by molar-refractivity contribution is 8.15. The van der Waals surface area contributed by atoms with Gasteiger partial charge >= 0.3 is 5.97 Å². The van der Waals surface area contributed by atoms with Crippen molar-refractivity contribution in [3.8, 4) is 5.75 Å². The lowest BCUT2D eigenvalue weighted by Crippen LogP contribution is -2.61. The van der Waals surface area contributed by atoms with Crippen LogP contribution in [0.4, 0.5) is 5.69 Å². The number of nitro groups is 1. The van der Waals surface area contributed by atoms with E-state index < -0.39 is 22.3 Å². The number of halogens is 1. The number of thioether (sulfide) groups is 1. The standard InChI is InChI=1S/C22H18ClN3O6S/c1-13(23)19(22(28)32-11-14-7-9-15(10-8-14)26(29)30)25-20(27)18-21(25)33-17(24-18)12-31-16-5-3-2-4-6-16/h2-10,18,21H,11-12H2,1H3. The third-order valence-electron chi connectivity index (χ3n) is 4.94. The SMILES string of the molecule is CC(Cl)=C(C(=O)OCc1ccc([N+](=O)[O-])cc1)N1C(=O)C2N=C(COc3ccccc3)SC21. The highest BCUT2D eigenvalue weighted by atomic mass is 35.5. The number of allylic oxidation sites excluding steroid dienone is 1. The van der Waals surface area contributed by atoms with Crippen LogP contribution in [-0.2, 0) is 20.9 Å². The van der Waals surface area contributed by atoms with E-state index in [1.807, 2.05) is 30.3 Å². The Labute approximate surface area is 198 Å². The van der Waals surface area contributed by atoms with Crippen molar-refractivity contribution < 1.29 is 24.0 Å². The second kappa shape index (κ2) is 9.63. The van der Waals surface area contributed by atoms with Crippen LogP contribution in [0, 0.1) is 10.1 Å². The van der Waals surface area contributed by atoms with Gasteiger partial charge in [0.1, 0.15) is 35.1 Å².